The van der Waals surface area contributed by atoms with Crippen molar-refractivity contribution < 1.29 is 5.11 Å². The predicted octanol–water partition coefficient (Wildman–Crippen LogP) is 0.397. The van der Waals surface area contributed by atoms with Crippen molar-refractivity contribution >= 4 is 0 Å². The second kappa shape index (κ2) is 4.21. The van der Waals surface area contributed by atoms with Crippen molar-refractivity contribution in [2.24, 2.45) is 0 Å². The molecule has 0 bridgehead atoms. The number of nitrogens with one attached hydrogen (secondary N) is 1. The molecular formula is C9H20N2O. The Bertz CT molecular complexity index is 125. The first kappa shape index (κ1) is 9.96. The summed E-state index contributed by atoms with van der Waals surface area (Å²) in [7, 11) is 0. The molecule has 3 atom stereocenters. The third kappa shape index (κ3) is 1.97. The van der Waals surface area contributed by atoms with Crippen LogP contribution in [0.5, 0.6) is 0 Å². The van der Waals surface area contributed by atoms with E-state index in [0.29, 0.717) is 12.1 Å². The third-order valence-electron chi connectivity index (χ3n) is 2.61. The molecule has 3 heteroatoms. The predicted molar refractivity (Wildman–Crippen MR) is 49.9 cm³/mol. The molecule has 0 aromatic heterocycles. The van der Waals surface area contributed by atoms with E-state index in [9.17, 15) is 5.11 Å². The lowest BCUT2D eigenvalue weighted by atomic mass is 10.1. The molecule has 1 aliphatic heterocycles. The Morgan fingerprint density at radius 3 is 2.33 bits per heavy atom. The van der Waals surface area contributed by atoms with Gasteiger partial charge in [-0.1, -0.05) is 6.92 Å². The van der Waals surface area contributed by atoms with Gasteiger partial charge in [-0.25, -0.2) is 0 Å². The van der Waals surface area contributed by atoms with Crippen LogP contribution in [-0.4, -0.2) is 41.4 Å². The lowest BCUT2D eigenvalue weighted by Crippen LogP contribution is -2.58. The summed E-state index contributed by atoms with van der Waals surface area (Å²) in [6.07, 6.45) is 0.548. The zero-order chi connectivity index (χ0) is 9.14. The molecule has 1 aliphatic rings. The van der Waals surface area contributed by atoms with Gasteiger partial charge in [0, 0.05) is 25.2 Å². The maximum absolute atomic E-state index is 9.72. The van der Waals surface area contributed by atoms with Crippen LogP contribution in [-0.2, 0) is 0 Å². The molecule has 12 heavy (non-hydrogen) atoms. The van der Waals surface area contributed by atoms with Crippen molar-refractivity contribution in [3.8, 4) is 0 Å². The molecule has 1 fully saturated rings. The van der Waals surface area contributed by atoms with E-state index in [-0.39, 0.29) is 6.23 Å². The van der Waals surface area contributed by atoms with E-state index >= 15 is 0 Å². The lowest BCUT2D eigenvalue weighted by molar-refractivity contribution is -0.0584. The first-order chi connectivity index (χ1) is 5.66. The molecule has 3 nitrogen and oxygen atoms in total. The van der Waals surface area contributed by atoms with Gasteiger partial charge < -0.3 is 10.4 Å². The number of piperazine rings is 1. The molecule has 0 radical (unpaired) electrons. The van der Waals surface area contributed by atoms with Crippen LogP contribution in [0.1, 0.15) is 27.2 Å². The van der Waals surface area contributed by atoms with Crippen LogP contribution < -0.4 is 5.32 Å². The monoisotopic (exact) mass is 172 g/mol. The molecular weight excluding hydrogens is 152 g/mol. The average Bonchev–Trinajstić information content (AvgIpc) is 2.03. The van der Waals surface area contributed by atoms with Crippen LogP contribution in [0.15, 0.2) is 0 Å². The van der Waals surface area contributed by atoms with Gasteiger partial charge in [-0.2, -0.15) is 0 Å². The van der Waals surface area contributed by atoms with Crippen molar-refractivity contribution in [2.45, 2.75) is 45.5 Å². The molecule has 0 aromatic carbocycles. The lowest BCUT2D eigenvalue weighted by Gasteiger charge is -2.42. The van der Waals surface area contributed by atoms with Crippen molar-refractivity contribution in [1.82, 2.24) is 10.2 Å². The maximum atomic E-state index is 9.72. The van der Waals surface area contributed by atoms with Crippen LogP contribution in [0.3, 0.4) is 0 Å². The van der Waals surface area contributed by atoms with Gasteiger partial charge in [-0.15, -0.1) is 0 Å². The van der Waals surface area contributed by atoms with Crippen molar-refractivity contribution in [1.29, 1.82) is 0 Å². The fourth-order valence-electron chi connectivity index (χ4n) is 1.94. The number of hydrogen-bond donors (Lipinski definition) is 2. The van der Waals surface area contributed by atoms with Gasteiger partial charge >= 0.3 is 0 Å². The van der Waals surface area contributed by atoms with Gasteiger partial charge in [-0.3, -0.25) is 4.90 Å². The number of rotatable bonds is 2. The molecule has 0 amide bonds. The molecule has 1 rings (SSSR count). The Balaban J connectivity index is 2.56. The molecule has 0 aromatic rings. The molecule has 72 valence electrons. The van der Waals surface area contributed by atoms with Gasteiger partial charge in [0.15, 0.2) is 0 Å². The molecule has 1 saturated heterocycles. The van der Waals surface area contributed by atoms with Crippen LogP contribution >= 0.6 is 0 Å². The standard InChI is InChI=1S/C9H20N2O/c1-4-9(12)11-7(2)5-10-6-8(11)3/h7-10,12H,4-6H2,1-3H3. The summed E-state index contributed by atoms with van der Waals surface area (Å²) in [6, 6.07) is 0.896. The summed E-state index contributed by atoms with van der Waals surface area (Å²) in [5, 5.41) is 13.1. The van der Waals surface area contributed by atoms with Crippen LogP contribution in [0.25, 0.3) is 0 Å². The van der Waals surface area contributed by atoms with Gasteiger partial charge in [0.05, 0.1) is 0 Å². The van der Waals surface area contributed by atoms with Gasteiger partial charge in [-0.05, 0) is 20.3 Å². The SMILES string of the molecule is CCC(O)N1C(C)CNCC1C. The van der Waals surface area contributed by atoms with Crippen LogP contribution in [0.2, 0.25) is 0 Å². The van der Waals surface area contributed by atoms with E-state index in [1.807, 2.05) is 6.92 Å². The minimum atomic E-state index is -0.267. The minimum absolute atomic E-state index is 0.267. The molecule has 3 unspecified atom stereocenters. The highest BCUT2D eigenvalue weighted by Gasteiger charge is 2.28. The second-order valence-electron chi connectivity index (χ2n) is 3.69. The third-order valence-corrected chi connectivity index (χ3v) is 2.61. The zero-order valence-corrected chi connectivity index (χ0v) is 8.25. The Morgan fingerprint density at radius 1 is 1.42 bits per heavy atom. The fourth-order valence-corrected chi connectivity index (χ4v) is 1.94. The number of aliphatic hydroxyl groups excluding tert-OH is 1. The van der Waals surface area contributed by atoms with E-state index in [1.165, 1.54) is 0 Å². The number of aliphatic hydroxyl groups is 1. The summed E-state index contributed by atoms with van der Waals surface area (Å²) in [5.74, 6) is 0. The Hall–Kier alpha value is -0.120. The number of nitrogens with zero attached hydrogens (tertiary/aromatic N) is 1. The Morgan fingerprint density at radius 2 is 1.92 bits per heavy atom. The summed E-state index contributed by atoms with van der Waals surface area (Å²) in [4.78, 5) is 2.19. The Kier molecular flexibility index (Phi) is 3.50. The normalized spacial score (nSPS) is 35.0. The highest BCUT2D eigenvalue weighted by atomic mass is 16.3. The molecule has 0 saturated carbocycles. The summed E-state index contributed by atoms with van der Waals surface area (Å²) in [6.45, 7) is 8.30. The molecule has 0 aliphatic carbocycles. The van der Waals surface area contributed by atoms with Gasteiger partial charge in [0.25, 0.3) is 0 Å². The average molecular weight is 172 g/mol. The summed E-state index contributed by atoms with van der Waals surface area (Å²) in [5.41, 5.74) is 0. The molecule has 2 N–H and O–H groups in total. The molecule has 1 heterocycles. The topological polar surface area (TPSA) is 35.5 Å². The highest BCUT2D eigenvalue weighted by Crippen LogP contribution is 2.14. The Labute approximate surface area is 74.8 Å². The largest absolute Gasteiger partial charge is 0.378 e. The van der Waals surface area contributed by atoms with E-state index < -0.39 is 0 Å². The molecule has 0 spiro atoms. The maximum Gasteiger partial charge on any atom is 0.107 e. The zero-order valence-electron chi connectivity index (χ0n) is 8.25. The van der Waals surface area contributed by atoms with Crippen molar-refractivity contribution in [3.05, 3.63) is 0 Å². The van der Waals surface area contributed by atoms with E-state index in [2.05, 4.69) is 24.1 Å². The highest BCUT2D eigenvalue weighted by molar-refractivity contribution is 4.83. The van der Waals surface area contributed by atoms with E-state index in [0.717, 1.165) is 19.5 Å². The first-order valence-electron chi connectivity index (χ1n) is 4.83. The minimum Gasteiger partial charge on any atom is -0.378 e. The smallest absolute Gasteiger partial charge is 0.107 e. The quantitative estimate of drug-likeness (QED) is 0.633. The van der Waals surface area contributed by atoms with E-state index in [1.54, 1.807) is 0 Å². The number of hydrogen-bond acceptors (Lipinski definition) is 3. The van der Waals surface area contributed by atoms with Crippen LogP contribution in [0.4, 0.5) is 0 Å². The van der Waals surface area contributed by atoms with Crippen molar-refractivity contribution in [2.75, 3.05) is 13.1 Å². The second-order valence-corrected chi connectivity index (χ2v) is 3.69. The first-order valence-corrected chi connectivity index (χ1v) is 4.83. The summed E-state index contributed by atoms with van der Waals surface area (Å²) < 4.78 is 0. The van der Waals surface area contributed by atoms with Crippen molar-refractivity contribution in [3.63, 3.8) is 0 Å². The van der Waals surface area contributed by atoms with Crippen LogP contribution in [0, 0.1) is 0 Å². The van der Waals surface area contributed by atoms with Gasteiger partial charge in [0.2, 0.25) is 0 Å². The van der Waals surface area contributed by atoms with Gasteiger partial charge in [0.1, 0.15) is 6.23 Å². The fraction of sp³-hybridized carbons (Fsp3) is 1.00. The van der Waals surface area contributed by atoms with E-state index in [4.69, 9.17) is 0 Å². The summed E-state index contributed by atoms with van der Waals surface area (Å²) >= 11 is 0.